The Morgan fingerprint density at radius 1 is 1.25 bits per heavy atom. The Kier molecular flexibility index (Phi) is 3.63. The first-order valence-corrected chi connectivity index (χ1v) is 7.19. The second-order valence-electron chi connectivity index (χ2n) is 5.67. The van der Waals surface area contributed by atoms with E-state index in [9.17, 15) is 13.2 Å². The van der Waals surface area contributed by atoms with Gasteiger partial charge in [-0.2, -0.15) is 13.2 Å². The van der Waals surface area contributed by atoms with Gasteiger partial charge in [0, 0.05) is 25.3 Å². The standard InChI is InChI=1S/C15H19F3N2/c16-15(17,18)12-4-2-8-20(10-12)14-5-1-3-11-9-19-7-6-13(11)14/h1,3,5,12,19H,2,4,6-10H2. The molecule has 1 aromatic carbocycles. The number of piperidine rings is 1. The van der Waals surface area contributed by atoms with Crippen molar-refractivity contribution >= 4 is 5.69 Å². The zero-order valence-electron chi connectivity index (χ0n) is 11.3. The van der Waals surface area contributed by atoms with E-state index in [4.69, 9.17) is 0 Å². The molecule has 3 rings (SSSR count). The van der Waals surface area contributed by atoms with Gasteiger partial charge in [0.15, 0.2) is 0 Å². The van der Waals surface area contributed by atoms with Crippen molar-refractivity contribution in [1.82, 2.24) is 5.32 Å². The van der Waals surface area contributed by atoms with E-state index in [0.29, 0.717) is 6.42 Å². The van der Waals surface area contributed by atoms with Crippen LogP contribution in [-0.4, -0.2) is 25.8 Å². The summed E-state index contributed by atoms with van der Waals surface area (Å²) in [5.41, 5.74) is 3.47. The quantitative estimate of drug-likeness (QED) is 0.852. The Bertz CT molecular complexity index is 484. The van der Waals surface area contributed by atoms with Crippen molar-refractivity contribution in [1.29, 1.82) is 0 Å². The molecule has 2 aliphatic rings. The van der Waals surface area contributed by atoms with Crippen LogP contribution in [0.4, 0.5) is 18.9 Å². The highest BCUT2D eigenvalue weighted by atomic mass is 19.4. The molecule has 0 spiro atoms. The summed E-state index contributed by atoms with van der Waals surface area (Å²) in [4.78, 5) is 1.94. The van der Waals surface area contributed by atoms with E-state index in [0.717, 1.165) is 31.7 Å². The van der Waals surface area contributed by atoms with Crippen molar-refractivity contribution in [2.45, 2.75) is 32.0 Å². The molecule has 0 radical (unpaired) electrons. The number of hydrogen-bond donors (Lipinski definition) is 1. The average molecular weight is 284 g/mol. The van der Waals surface area contributed by atoms with Gasteiger partial charge in [-0.05, 0) is 43.0 Å². The van der Waals surface area contributed by atoms with Gasteiger partial charge in [-0.3, -0.25) is 0 Å². The van der Waals surface area contributed by atoms with E-state index < -0.39 is 12.1 Å². The number of alkyl halides is 3. The van der Waals surface area contributed by atoms with Gasteiger partial charge in [-0.15, -0.1) is 0 Å². The Balaban J connectivity index is 1.86. The van der Waals surface area contributed by atoms with Crippen molar-refractivity contribution in [3.05, 3.63) is 29.3 Å². The summed E-state index contributed by atoms with van der Waals surface area (Å²) >= 11 is 0. The van der Waals surface area contributed by atoms with E-state index in [1.807, 2.05) is 17.0 Å². The van der Waals surface area contributed by atoms with E-state index in [2.05, 4.69) is 11.4 Å². The lowest BCUT2D eigenvalue weighted by atomic mass is 9.93. The zero-order chi connectivity index (χ0) is 14.2. The molecule has 0 bridgehead atoms. The summed E-state index contributed by atoms with van der Waals surface area (Å²) in [5.74, 6) is -1.19. The molecule has 1 aromatic rings. The van der Waals surface area contributed by atoms with Crippen LogP contribution in [0.15, 0.2) is 18.2 Å². The molecular formula is C15H19F3N2. The van der Waals surface area contributed by atoms with Crippen LogP contribution in [0.25, 0.3) is 0 Å². The van der Waals surface area contributed by atoms with Gasteiger partial charge in [-0.1, -0.05) is 12.1 Å². The van der Waals surface area contributed by atoms with Crippen LogP contribution in [0.2, 0.25) is 0 Å². The molecule has 1 atom stereocenters. The molecule has 1 saturated heterocycles. The van der Waals surface area contributed by atoms with Crippen LogP contribution in [0, 0.1) is 5.92 Å². The number of nitrogens with zero attached hydrogens (tertiary/aromatic N) is 1. The molecule has 110 valence electrons. The third kappa shape index (κ3) is 2.64. The first-order chi connectivity index (χ1) is 9.55. The van der Waals surface area contributed by atoms with Crippen LogP contribution >= 0.6 is 0 Å². The lowest BCUT2D eigenvalue weighted by molar-refractivity contribution is -0.176. The minimum Gasteiger partial charge on any atom is -0.371 e. The van der Waals surface area contributed by atoms with Gasteiger partial charge in [-0.25, -0.2) is 0 Å². The van der Waals surface area contributed by atoms with Gasteiger partial charge in [0.1, 0.15) is 0 Å². The second kappa shape index (κ2) is 5.28. The molecule has 0 aliphatic carbocycles. The van der Waals surface area contributed by atoms with Gasteiger partial charge < -0.3 is 10.2 Å². The largest absolute Gasteiger partial charge is 0.393 e. The lowest BCUT2D eigenvalue weighted by Gasteiger charge is -2.37. The molecule has 5 heteroatoms. The van der Waals surface area contributed by atoms with Crippen LogP contribution in [0.3, 0.4) is 0 Å². The number of fused-ring (bicyclic) bond motifs is 1. The molecule has 1 unspecified atom stereocenters. The van der Waals surface area contributed by atoms with Gasteiger partial charge in [0.25, 0.3) is 0 Å². The summed E-state index contributed by atoms with van der Waals surface area (Å²) in [6.07, 6.45) is -2.30. The monoisotopic (exact) mass is 284 g/mol. The number of halogens is 3. The maximum atomic E-state index is 12.9. The summed E-state index contributed by atoms with van der Waals surface area (Å²) < 4.78 is 38.8. The molecule has 0 amide bonds. The van der Waals surface area contributed by atoms with E-state index in [-0.39, 0.29) is 13.0 Å². The molecule has 2 heterocycles. The normalized spacial score (nSPS) is 23.6. The highest BCUT2D eigenvalue weighted by Gasteiger charge is 2.42. The molecule has 2 nitrogen and oxygen atoms in total. The first-order valence-electron chi connectivity index (χ1n) is 7.19. The number of rotatable bonds is 1. The van der Waals surface area contributed by atoms with E-state index in [1.165, 1.54) is 11.1 Å². The molecule has 0 saturated carbocycles. The minimum atomic E-state index is -4.07. The molecule has 1 N–H and O–H groups in total. The topological polar surface area (TPSA) is 15.3 Å². The van der Waals surface area contributed by atoms with Crippen molar-refractivity contribution < 1.29 is 13.2 Å². The van der Waals surface area contributed by atoms with Crippen molar-refractivity contribution in [3.8, 4) is 0 Å². The highest BCUT2D eigenvalue weighted by molar-refractivity contribution is 5.58. The van der Waals surface area contributed by atoms with Crippen molar-refractivity contribution in [2.75, 3.05) is 24.5 Å². The van der Waals surface area contributed by atoms with Crippen LogP contribution in [0.1, 0.15) is 24.0 Å². The molecule has 0 aromatic heterocycles. The minimum absolute atomic E-state index is 0.105. The fourth-order valence-corrected chi connectivity index (χ4v) is 3.27. The Morgan fingerprint density at radius 2 is 2.10 bits per heavy atom. The summed E-state index contributed by atoms with van der Waals surface area (Å²) in [5, 5.41) is 3.31. The Hall–Kier alpha value is -1.23. The molecule has 20 heavy (non-hydrogen) atoms. The van der Waals surface area contributed by atoms with E-state index >= 15 is 0 Å². The summed E-state index contributed by atoms with van der Waals surface area (Å²) in [7, 11) is 0. The maximum absolute atomic E-state index is 12.9. The average Bonchev–Trinajstić information content (AvgIpc) is 2.46. The Labute approximate surface area is 117 Å². The van der Waals surface area contributed by atoms with Crippen LogP contribution < -0.4 is 10.2 Å². The molecule has 1 fully saturated rings. The van der Waals surface area contributed by atoms with Gasteiger partial charge >= 0.3 is 6.18 Å². The van der Waals surface area contributed by atoms with Gasteiger partial charge in [0.2, 0.25) is 0 Å². The SMILES string of the molecule is FC(F)(F)C1CCCN(c2cccc3c2CCNC3)C1. The zero-order valence-corrected chi connectivity index (χ0v) is 11.3. The molecule has 2 aliphatic heterocycles. The second-order valence-corrected chi connectivity index (χ2v) is 5.67. The van der Waals surface area contributed by atoms with Gasteiger partial charge in [0.05, 0.1) is 5.92 Å². The number of benzene rings is 1. The van der Waals surface area contributed by atoms with Crippen molar-refractivity contribution in [2.24, 2.45) is 5.92 Å². The predicted molar refractivity (Wildman–Crippen MR) is 72.8 cm³/mol. The summed E-state index contributed by atoms with van der Waals surface area (Å²) in [6.45, 7) is 2.56. The fraction of sp³-hybridized carbons (Fsp3) is 0.600. The smallest absolute Gasteiger partial charge is 0.371 e. The third-order valence-corrected chi connectivity index (χ3v) is 4.34. The number of hydrogen-bond acceptors (Lipinski definition) is 2. The number of anilines is 1. The van der Waals surface area contributed by atoms with Crippen molar-refractivity contribution in [3.63, 3.8) is 0 Å². The number of nitrogens with one attached hydrogen (secondary N) is 1. The first kappa shape index (κ1) is 13.7. The van der Waals surface area contributed by atoms with Crippen LogP contribution in [-0.2, 0) is 13.0 Å². The predicted octanol–water partition coefficient (Wildman–Crippen LogP) is 3.11. The molecular weight excluding hydrogens is 265 g/mol. The fourth-order valence-electron chi connectivity index (χ4n) is 3.27. The third-order valence-electron chi connectivity index (χ3n) is 4.34. The van der Waals surface area contributed by atoms with Crippen LogP contribution in [0.5, 0.6) is 0 Å². The summed E-state index contributed by atoms with van der Waals surface area (Å²) in [6, 6.07) is 6.00. The maximum Gasteiger partial charge on any atom is 0.393 e. The van der Waals surface area contributed by atoms with E-state index in [1.54, 1.807) is 0 Å². The Morgan fingerprint density at radius 3 is 2.90 bits per heavy atom. The lowest BCUT2D eigenvalue weighted by Crippen LogP contribution is -2.42. The highest BCUT2D eigenvalue weighted by Crippen LogP contribution is 2.36.